The Morgan fingerprint density at radius 2 is 1.81 bits per heavy atom. The fourth-order valence-corrected chi connectivity index (χ4v) is 4.41. The number of sulfonamides is 1. The highest BCUT2D eigenvalue weighted by atomic mass is 32.2. The Morgan fingerprint density at radius 1 is 1.04 bits per heavy atom. The molecule has 5 nitrogen and oxygen atoms in total. The second kappa shape index (κ2) is 8.20. The van der Waals surface area contributed by atoms with E-state index < -0.39 is 16.1 Å². The summed E-state index contributed by atoms with van der Waals surface area (Å²) in [5, 5.41) is 0. The molecule has 140 valence electrons. The van der Waals surface area contributed by atoms with Gasteiger partial charge in [-0.25, -0.2) is 13.1 Å². The topological polar surface area (TPSA) is 64.6 Å². The Morgan fingerprint density at radius 3 is 2.54 bits per heavy atom. The van der Waals surface area contributed by atoms with Crippen molar-refractivity contribution in [2.24, 2.45) is 0 Å². The normalized spacial score (nSPS) is 15.3. The summed E-state index contributed by atoms with van der Waals surface area (Å²) in [5.74, 6) is 0.710. The second-order valence-electron chi connectivity index (χ2n) is 6.49. The molecule has 2 aromatic carbocycles. The van der Waals surface area contributed by atoms with Crippen LogP contribution in [0.3, 0.4) is 0 Å². The first kappa shape index (κ1) is 18.9. The van der Waals surface area contributed by atoms with Gasteiger partial charge in [0.2, 0.25) is 10.0 Å². The van der Waals surface area contributed by atoms with Gasteiger partial charge in [0.1, 0.15) is 5.75 Å². The van der Waals surface area contributed by atoms with Crippen LogP contribution < -0.4 is 9.46 Å². The fourth-order valence-electron chi connectivity index (χ4n) is 3.32. The highest BCUT2D eigenvalue weighted by Crippen LogP contribution is 2.25. The Hall–Kier alpha value is -1.89. The third-order valence-corrected chi connectivity index (χ3v) is 6.26. The van der Waals surface area contributed by atoms with Crippen LogP contribution in [0.2, 0.25) is 0 Å². The van der Waals surface area contributed by atoms with E-state index >= 15 is 0 Å². The lowest BCUT2D eigenvalue weighted by molar-refractivity contribution is 0.107. The van der Waals surface area contributed by atoms with E-state index in [-0.39, 0.29) is 6.54 Å². The van der Waals surface area contributed by atoms with Crippen molar-refractivity contribution in [3.05, 3.63) is 59.2 Å². The first-order chi connectivity index (χ1) is 12.5. The number of rotatable bonds is 7. The van der Waals surface area contributed by atoms with E-state index in [4.69, 9.17) is 9.47 Å². The minimum absolute atomic E-state index is 0.156. The highest BCUT2D eigenvalue weighted by molar-refractivity contribution is 7.89. The molecule has 3 rings (SSSR count). The van der Waals surface area contributed by atoms with Crippen molar-refractivity contribution in [3.8, 4) is 5.75 Å². The number of aryl methyl sites for hydroxylation is 2. The molecule has 1 aliphatic rings. The van der Waals surface area contributed by atoms with Gasteiger partial charge in [-0.05, 0) is 66.6 Å². The van der Waals surface area contributed by atoms with Crippen molar-refractivity contribution in [2.45, 2.75) is 36.7 Å². The molecule has 26 heavy (non-hydrogen) atoms. The molecule has 1 N–H and O–H groups in total. The summed E-state index contributed by atoms with van der Waals surface area (Å²) in [6, 6.07) is 12.9. The molecular weight excluding hydrogens is 350 g/mol. The zero-order chi connectivity index (χ0) is 18.6. The maximum absolute atomic E-state index is 12.7. The maximum atomic E-state index is 12.7. The lowest BCUT2D eigenvalue weighted by atomic mass is 9.92. The minimum Gasteiger partial charge on any atom is -0.497 e. The largest absolute Gasteiger partial charge is 0.497 e. The van der Waals surface area contributed by atoms with Crippen molar-refractivity contribution in [1.29, 1.82) is 0 Å². The van der Waals surface area contributed by atoms with Crippen LogP contribution in [0, 0.1) is 0 Å². The van der Waals surface area contributed by atoms with Crippen molar-refractivity contribution in [1.82, 2.24) is 4.72 Å². The smallest absolute Gasteiger partial charge is 0.240 e. The number of fused-ring (bicyclic) bond motifs is 1. The fraction of sp³-hybridized carbons (Fsp3) is 0.400. The molecule has 1 atom stereocenters. The van der Waals surface area contributed by atoms with Gasteiger partial charge in [0, 0.05) is 13.7 Å². The summed E-state index contributed by atoms with van der Waals surface area (Å²) >= 11 is 0. The molecule has 2 aromatic rings. The van der Waals surface area contributed by atoms with Gasteiger partial charge in [-0.15, -0.1) is 0 Å². The molecular formula is C20H25NO4S. The Balaban J connectivity index is 1.74. The van der Waals surface area contributed by atoms with Crippen molar-refractivity contribution >= 4 is 10.0 Å². The van der Waals surface area contributed by atoms with Crippen molar-refractivity contribution in [2.75, 3.05) is 20.8 Å². The second-order valence-corrected chi connectivity index (χ2v) is 8.26. The summed E-state index contributed by atoms with van der Waals surface area (Å²) in [5.41, 5.74) is 3.27. The number of benzene rings is 2. The van der Waals surface area contributed by atoms with E-state index in [1.807, 2.05) is 36.4 Å². The number of ether oxygens (including phenoxy) is 2. The molecule has 0 radical (unpaired) electrons. The Kier molecular flexibility index (Phi) is 5.96. The van der Waals surface area contributed by atoms with Gasteiger partial charge < -0.3 is 9.47 Å². The van der Waals surface area contributed by atoms with Crippen LogP contribution in [0.15, 0.2) is 47.4 Å². The summed E-state index contributed by atoms with van der Waals surface area (Å²) in [6.45, 7) is 0.156. The first-order valence-electron chi connectivity index (χ1n) is 8.81. The summed E-state index contributed by atoms with van der Waals surface area (Å²) < 4.78 is 38.8. The van der Waals surface area contributed by atoms with Crippen LogP contribution in [-0.2, 0) is 27.6 Å². The van der Waals surface area contributed by atoms with E-state index in [2.05, 4.69) is 4.72 Å². The predicted octanol–water partition coefficient (Wildman–Crippen LogP) is 3.24. The lowest BCUT2D eigenvalue weighted by Gasteiger charge is -2.19. The van der Waals surface area contributed by atoms with Crippen LogP contribution in [0.5, 0.6) is 5.75 Å². The zero-order valence-corrected chi connectivity index (χ0v) is 16.0. The number of nitrogens with one attached hydrogen (secondary N) is 1. The molecule has 1 aliphatic carbocycles. The Labute approximate surface area is 155 Å². The minimum atomic E-state index is -3.58. The van der Waals surface area contributed by atoms with Crippen LogP contribution >= 0.6 is 0 Å². The zero-order valence-electron chi connectivity index (χ0n) is 15.2. The van der Waals surface area contributed by atoms with E-state index in [0.717, 1.165) is 30.4 Å². The highest BCUT2D eigenvalue weighted by Gasteiger charge is 2.20. The summed E-state index contributed by atoms with van der Waals surface area (Å²) in [4.78, 5) is 0.318. The molecule has 6 heteroatoms. The maximum Gasteiger partial charge on any atom is 0.240 e. The average molecular weight is 375 g/mol. The lowest BCUT2D eigenvalue weighted by Crippen LogP contribution is -2.29. The van der Waals surface area contributed by atoms with E-state index in [0.29, 0.717) is 10.6 Å². The number of hydrogen-bond acceptors (Lipinski definition) is 4. The van der Waals surface area contributed by atoms with Gasteiger partial charge in [0.05, 0.1) is 18.1 Å². The molecule has 0 bridgehead atoms. The predicted molar refractivity (Wildman–Crippen MR) is 101 cm³/mol. The van der Waals surface area contributed by atoms with Gasteiger partial charge in [-0.1, -0.05) is 18.2 Å². The quantitative estimate of drug-likeness (QED) is 0.807. The van der Waals surface area contributed by atoms with Crippen molar-refractivity contribution in [3.63, 3.8) is 0 Å². The van der Waals surface area contributed by atoms with Gasteiger partial charge in [-0.3, -0.25) is 0 Å². The van der Waals surface area contributed by atoms with Crippen LogP contribution in [0.4, 0.5) is 0 Å². The monoisotopic (exact) mass is 375 g/mol. The van der Waals surface area contributed by atoms with E-state index in [1.54, 1.807) is 20.3 Å². The molecule has 0 spiro atoms. The average Bonchev–Trinajstić information content (AvgIpc) is 2.68. The molecule has 0 aliphatic heterocycles. The summed E-state index contributed by atoms with van der Waals surface area (Å²) in [7, 11) is -0.420. The van der Waals surface area contributed by atoms with Crippen LogP contribution in [0.1, 0.15) is 35.6 Å². The number of methoxy groups -OCH3 is 2. The SMILES string of the molecule is COc1cccc(C(CNS(=O)(=O)c2ccc3c(c2)CCCC3)OC)c1. The van der Waals surface area contributed by atoms with Crippen LogP contribution in [-0.4, -0.2) is 29.2 Å². The molecule has 0 aromatic heterocycles. The molecule has 1 unspecified atom stereocenters. The molecule has 0 amide bonds. The van der Waals surface area contributed by atoms with E-state index in [1.165, 1.54) is 12.0 Å². The van der Waals surface area contributed by atoms with Crippen molar-refractivity contribution < 1.29 is 17.9 Å². The third kappa shape index (κ3) is 4.26. The summed E-state index contributed by atoms with van der Waals surface area (Å²) in [6.07, 6.45) is 3.88. The number of hydrogen-bond donors (Lipinski definition) is 1. The standard InChI is InChI=1S/C20H25NO4S/c1-24-18-9-5-8-17(12-18)20(25-2)14-21-26(22,23)19-11-10-15-6-3-4-7-16(15)13-19/h5,8-13,20-21H,3-4,6-7,14H2,1-2H3. The molecule has 0 heterocycles. The van der Waals surface area contributed by atoms with E-state index in [9.17, 15) is 8.42 Å². The Bertz CT molecular complexity index is 864. The van der Waals surface area contributed by atoms with Gasteiger partial charge >= 0.3 is 0 Å². The van der Waals surface area contributed by atoms with Gasteiger partial charge in [0.25, 0.3) is 0 Å². The van der Waals surface area contributed by atoms with Crippen LogP contribution in [0.25, 0.3) is 0 Å². The first-order valence-corrected chi connectivity index (χ1v) is 10.3. The molecule has 0 fully saturated rings. The molecule has 0 saturated carbocycles. The van der Waals surface area contributed by atoms with Gasteiger partial charge in [-0.2, -0.15) is 0 Å². The third-order valence-electron chi connectivity index (χ3n) is 4.84. The van der Waals surface area contributed by atoms with Gasteiger partial charge in [0.15, 0.2) is 0 Å². The molecule has 0 saturated heterocycles.